The summed E-state index contributed by atoms with van der Waals surface area (Å²) >= 11 is 3.39. The molecule has 0 aliphatic carbocycles. The molecule has 0 fully saturated rings. The van der Waals surface area contributed by atoms with Crippen molar-refractivity contribution in [1.29, 1.82) is 0 Å². The van der Waals surface area contributed by atoms with Gasteiger partial charge >= 0.3 is 0 Å². The molecule has 0 aliphatic heterocycles. The smallest absolute Gasteiger partial charge is 0.251 e. The monoisotopic (exact) mass is 424 g/mol. The maximum Gasteiger partial charge on any atom is 0.251 e. The van der Waals surface area contributed by atoms with Gasteiger partial charge in [-0.05, 0) is 49.7 Å². The molecule has 5 nitrogen and oxygen atoms in total. The van der Waals surface area contributed by atoms with Gasteiger partial charge in [0.05, 0.1) is 4.90 Å². The first-order valence-electron chi connectivity index (χ1n) is 7.82. The van der Waals surface area contributed by atoms with Crippen molar-refractivity contribution in [2.45, 2.75) is 31.3 Å². The van der Waals surface area contributed by atoms with E-state index in [2.05, 4.69) is 21.2 Å². The Hall–Kier alpha value is -1.70. The lowest BCUT2D eigenvalue weighted by molar-refractivity contribution is 0.0950. The van der Waals surface area contributed by atoms with Crippen molar-refractivity contribution >= 4 is 31.9 Å². The molecule has 0 heterocycles. The summed E-state index contributed by atoms with van der Waals surface area (Å²) in [5, 5.41) is 2.80. The second kappa shape index (κ2) is 8.12. The predicted molar refractivity (Wildman–Crippen MR) is 102 cm³/mol. The third-order valence-corrected chi connectivity index (χ3v) is 6.37. The number of rotatable bonds is 6. The van der Waals surface area contributed by atoms with Gasteiger partial charge in [-0.2, -0.15) is 4.31 Å². The molecule has 0 saturated carbocycles. The molecule has 0 aromatic heterocycles. The molecule has 7 heteroatoms. The lowest BCUT2D eigenvalue weighted by Gasteiger charge is -2.21. The molecule has 1 N–H and O–H groups in total. The fourth-order valence-corrected chi connectivity index (χ4v) is 4.03. The lowest BCUT2D eigenvalue weighted by Crippen LogP contribution is -2.33. The molecule has 2 rings (SSSR count). The number of nitrogens with zero attached hydrogens (tertiary/aromatic N) is 1. The Kier molecular flexibility index (Phi) is 6.37. The highest BCUT2D eigenvalue weighted by molar-refractivity contribution is 9.10. The highest BCUT2D eigenvalue weighted by Gasteiger charge is 2.23. The number of nitrogens with one attached hydrogen (secondary N) is 1. The van der Waals surface area contributed by atoms with E-state index in [1.54, 1.807) is 26.0 Å². The highest BCUT2D eigenvalue weighted by atomic mass is 79.9. The molecular weight excluding hydrogens is 404 g/mol. The number of halogens is 1. The molecule has 0 saturated heterocycles. The van der Waals surface area contributed by atoms with Crippen LogP contribution >= 0.6 is 15.9 Å². The zero-order valence-corrected chi connectivity index (χ0v) is 16.8. The third kappa shape index (κ3) is 4.90. The standard InChI is InChI=1S/C18H21BrN2O3S/c1-13(2)21(3)25(23,24)17-9-5-7-15(11-17)18(22)20-12-14-6-4-8-16(19)10-14/h4-11,13H,12H2,1-3H3,(H,20,22). The van der Waals surface area contributed by atoms with Crippen LogP contribution in [0.5, 0.6) is 0 Å². The molecule has 0 bridgehead atoms. The van der Waals surface area contributed by atoms with E-state index >= 15 is 0 Å². The third-order valence-electron chi connectivity index (χ3n) is 3.84. The maximum absolute atomic E-state index is 12.6. The first-order chi connectivity index (χ1) is 11.7. The van der Waals surface area contributed by atoms with Gasteiger partial charge < -0.3 is 5.32 Å². The van der Waals surface area contributed by atoms with Crippen molar-refractivity contribution in [3.63, 3.8) is 0 Å². The zero-order valence-electron chi connectivity index (χ0n) is 14.4. The number of amides is 1. The number of sulfonamides is 1. The van der Waals surface area contributed by atoms with Crippen molar-refractivity contribution in [3.05, 3.63) is 64.1 Å². The average molecular weight is 425 g/mol. The summed E-state index contributed by atoms with van der Waals surface area (Å²) in [7, 11) is -2.09. The number of hydrogen-bond acceptors (Lipinski definition) is 3. The van der Waals surface area contributed by atoms with Crippen LogP contribution in [0.15, 0.2) is 57.9 Å². The van der Waals surface area contributed by atoms with Crippen LogP contribution in [0.1, 0.15) is 29.8 Å². The maximum atomic E-state index is 12.6. The first kappa shape index (κ1) is 19.6. The van der Waals surface area contributed by atoms with Gasteiger partial charge in [-0.15, -0.1) is 0 Å². The molecule has 0 radical (unpaired) electrons. The van der Waals surface area contributed by atoms with E-state index < -0.39 is 10.0 Å². The van der Waals surface area contributed by atoms with Crippen molar-refractivity contribution in [3.8, 4) is 0 Å². The van der Waals surface area contributed by atoms with Gasteiger partial charge in [-0.25, -0.2) is 8.42 Å². The van der Waals surface area contributed by atoms with Crippen LogP contribution in [0, 0.1) is 0 Å². The molecule has 0 atom stereocenters. The Morgan fingerprint density at radius 1 is 1.16 bits per heavy atom. The number of hydrogen-bond donors (Lipinski definition) is 1. The second-order valence-electron chi connectivity index (χ2n) is 5.96. The van der Waals surface area contributed by atoms with Crippen molar-refractivity contribution < 1.29 is 13.2 Å². The second-order valence-corrected chi connectivity index (χ2v) is 8.87. The van der Waals surface area contributed by atoms with E-state index in [1.165, 1.54) is 23.5 Å². The van der Waals surface area contributed by atoms with Gasteiger partial charge in [0.2, 0.25) is 10.0 Å². The van der Waals surface area contributed by atoms with Crippen LogP contribution < -0.4 is 5.32 Å². The van der Waals surface area contributed by atoms with E-state index in [9.17, 15) is 13.2 Å². The van der Waals surface area contributed by atoms with Crippen LogP contribution in [-0.2, 0) is 16.6 Å². The predicted octanol–water partition coefficient (Wildman–Crippen LogP) is 3.41. The van der Waals surface area contributed by atoms with Crippen molar-refractivity contribution in [1.82, 2.24) is 9.62 Å². The molecular formula is C18H21BrN2O3S. The summed E-state index contributed by atoms with van der Waals surface area (Å²) < 4.78 is 27.3. The van der Waals surface area contributed by atoms with Crippen LogP contribution in [0.25, 0.3) is 0 Å². The quantitative estimate of drug-likeness (QED) is 0.772. The molecule has 1 amide bonds. The zero-order chi connectivity index (χ0) is 18.6. The van der Waals surface area contributed by atoms with E-state index in [0.29, 0.717) is 12.1 Å². The minimum absolute atomic E-state index is 0.110. The Morgan fingerprint density at radius 3 is 2.48 bits per heavy atom. The van der Waals surface area contributed by atoms with E-state index in [-0.39, 0.29) is 16.8 Å². The fraction of sp³-hybridized carbons (Fsp3) is 0.278. The van der Waals surface area contributed by atoms with Crippen LogP contribution in [-0.4, -0.2) is 31.7 Å². The lowest BCUT2D eigenvalue weighted by atomic mass is 10.2. The first-order valence-corrected chi connectivity index (χ1v) is 10.1. The van der Waals surface area contributed by atoms with Crippen LogP contribution in [0.3, 0.4) is 0 Å². The van der Waals surface area contributed by atoms with Gasteiger partial charge in [0.15, 0.2) is 0 Å². The van der Waals surface area contributed by atoms with Gasteiger partial charge in [0.1, 0.15) is 0 Å². The molecule has 134 valence electrons. The van der Waals surface area contributed by atoms with Gasteiger partial charge in [-0.1, -0.05) is 34.1 Å². The topological polar surface area (TPSA) is 66.5 Å². The Labute approximate surface area is 157 Å². The number of carbonyl (C=O) groups excluding carboxylic acids is 1. The largest absolute Gasteiger partial charge is 0.348 e. The van der Waals surface area contributed by atoms with Crippen LogP contribution in [0.4, 0.5) is 0 Å². The summed E-state index contributed by atoms with van der Waals surface area (Å²) in [5.74, 6) is -0.316. The highest BCUT2D eigenvalue weighted by Crippen LogP contribution is 2.18. The van der Waals surface area contributed by atoms with E-state index in [4.69, 9.17) is 0 Å². The van der Waals surface area contributed by atoms with Gasteiger partial charge in [-0.3, -0.25) is 4.79 Å². The van der Waals surface area contributed by atoms with Crippen LogP contribution in [0.2, 0.25) is 0 Å². The SMILES string of the molecule is CC(C)N(C)S(=O)(=O)c1cccc(C(=O)NCc2cccc(Br)c2)c1. The van der Waals surface area contributed by atoms with Crippen molar-refractivity contribution in [2.75, 3.05) is 7.05 Å². The van der Waals surface area contributed by atoms with Gasteiger partial charge in [0.25, 0.3) is 5.91 Å². The number of benzene rings is 2. The molecule has 25 heavy (non-hydrogen) atoms. The van der Waals surface area contributed by atoms with Gasteiger partial charge in [0, 0.05) is 29.7 Å². The minimum atomic E-state index is -3.62. The normalized spacial score (nSPS) is 11.8. The summed E-state index contributed by atoms with van der Waals surface area (Å²) in [6.07, 6.45) is 0. The molecule has 2 aromatic rings. The molecule has 0 spiro atoms. The summed E-state index contributed by atoms with van der Waals surface area (Å²) in [6.45, 7) is 3.96. The summed E-state index contributed by atoms with van der Waals surface area (Å²) in [5.41, 5.74) is 1.26. The Morgan fingerprint density at radius 2 is 1.84 bits per heavy atom. The fourth-order valence-electron chi connectivity index (χ4n) is 2.17. The molecule has 2 aromatic carbocycles. The Balaban J connectivity index is 2.16. The van der Waals surface area contributed by atoms with E-state index in [1.807, 2.05) is 24.3 Å². The summed E-state index contributed by atoms with van der Waals surface area (Å²) in [4.78, 5) is 12.5. The molecule has 0 aliphatic rings. The minimum Gasteiger partial charge on any atom is -0.348 e. The van der Waals surface area contributed by atoms with Crippen molar-refractivity contribution in [2.24, 2.45) is 0 Å². The Bertz CT molecular complexity index is 866. The van der Waals surface area contributed by atoms with E-state index in [0.717, 1.165) is 10.0 Å². The number of carbonyl (C=O) groups is 1. The summed E-state index contributed by atoms with van der Waals surface area (Å²) in [6, 6.07) is 13.5. The average Bonchev–Trinajstić information content (AvgIpc) is 2.59. The molecule has 0 unspecified atom stereocenters.